The number of amides is 1. The van der Waals surface area contributed by atoms with Gasteiger partial charge in [0.15, 0.2) is 0 Å². The number of benzene rings is 1. The van der Waals surface area contributed by atoms with Gasteiger partial charge in [0.2, 0.25) is 5.13 Å². The van der Waals surface area contributed by atoms with E-state index in [1.807, 2.05) is 24.3 Å². The highest BCUT2D eigenvalue weighted by Gasteiger charge is 2.15. The van der Waals surface area contributed by atoms with Gasteiger partial charge in [0.05, 0.1) is 18.4 Å². The fourth-order valence-electron chi connectivity index (χ4n) is 2.06. The van der Waals surface area contributed by atoms with Crippen LogP contribution in [-0.4, -0.2) is 22.7 Å². The molecule has 114 valence electrons. The molecule has 0 aliphatic carbocycles. The average Bonchev–Trinajstić information content (AvgIpc) is 2.97. The van der Waals surface area contributed by atoms with Gasteiger partial charge in [-0.05, 0) is 30.5 Å². The van der Waals surface area contributed by atoms with Crippen LogP contribution in [0.1, 0.15) is 23.4 Å². The lowest BCUT2D eigenvalue weighted by Crippen LogP contribution is -2.17. The third-order valence-corrected chi connectivity index (χ3v) is 4.27. The van der Waals surface area contributed by atoms with Gasteiger partial charge in [0, 0.05) is 11.4 Å². The predicted molar refractivity (Wildman–Crippen MR) is 86.1 cm³/mol. The summed E-state index contributed by atoms with van der Waals surface area (Å²) >= 11 is 7.23. The second-order valence-corrected chi connectivity index (χ2v) is 6.37. The summed E-state index contributed by atoms with van der Waals surface area (Å²) in [6, 6.07) is 7.59. The van der Waals surface area contributed by atoms with Crippen molar-refractivity contribution >= 4 is 34.0 Å². The Morgan fingerprint density at radius 1 is 1.32 bits per heavy atom. The molecule has 0 spiro atoms. The maximum absolute atomic E-state index is 12.0. The Hall–Kier alpha value is -1.92. The molecule has 2 heterocycles. The monoisotopic (exact) mass is 335 g/mol. The van der Waals surface area contributed by atoms with Gasteiger partial charge >= 0.3 is 0 Å². The standard InChI is InChI=1S/C15H14ClN3O2S/c16-12-5-3-10(4-6-12)8-13-18-19-15(22-13)17-14(20)11-2-1-7-21-9-11/h3-6,9H,1-2,7-8H2,(H,17,19,20). The van der Waals surface area contributed by atoms with E-state index in [0.29, 0.717) is 28.8 Å². The van der Waals surface area contributed by atoms with Crippen LogP contribution < -0.4 is 5.32 Å². The molecule has 1 amide bonds. The fourth-order valence-corrected chi connectivity index (χ4v) is 2.96. The Bertz CT molecular complexity index is 697. The van der Waals surface area contributed by atoms with E-state index >= 15 is 0 Å². The van der Waals surface area contributed by atoms with Crippen LogP contribution in [0.5, 0.6) is 0 Å². The number of hydrogen-bond acceptors (Lipinski definition) is 5. The number of carbonyl (C=O) groups excluding carboxylic acids is 1. The summed E-state index contributed by atoms with van der Waals surface area (Å²) in [5.74, 6) is -0.172. The molecule has 0 atom stereocenters. The van der Waals surface area contributed by atoms with E-state index in [-0.39, 0.29) is 5.91 Å². The number of hydrogen-bond donors (Lipinski definition) is 1. The Kier molecular flexibility index (Phi) is 4.70. The van der Waals surface area contributed by atoms with Crippen LogP contribution in [0.25, 0.3) is 0 Å². The molecular formula is C15H14ClN3O2S. The van der Waals surface area contributed by atoms with Gasteiger partial charge < -0.3 is 4.74 Å². The first-order valence-corrected chi connectivity index (χ1v) is 8.09. The Labute approximate surface area is 137 Å². The first-order valence-electron chi connectivity index (χ1n) is 6.89. The lowest BCUT2D eigenvalue weighted by molar-refractivity contribution is -0.113. The van der Waals surface area contributed by atoms with Gasteiger partial charge in [-0.2, -0.15) is 0 Å². The maximum Gasteiger partial charge on any atom is 0.256 e. The SMILES string of the molecule is O=C(Nc1nnc(Cc2ccc(Cl)cc2)s1)C1=COCCC1. The average molecular weight is 336 g/mol. The van der Waals surface area contributed by atoms with Gasteiger partial charge in [-0.25, -0.2) is 0 Å². The molecule has 1 aromatic heterocycles. The zero-order valence-electron chi connectivity index (χ0n) is 11.7. The molecule has 2 aromatic rings. The highest BCUT2D eigenvalue weighted by atomic mass is 35.5. The lowest BCUT2D eigenvalue weighted by Gasteiger charge is -2.12. The summed E-state index contributed by atoms with van der Waals surface area (Å²) in [6.45, 7) is 0.667. The highest BCUT2D eigenvalue weighted by Crippen LogP contribution is 2.21. The quantitative estimate of drug-likeness (QED) is 0.929. The number of aromatic nitrogens is 2. The number of rotatable bonds is 4. The molecule has 22 heavy (non-hydrogen) atoms. The van der Waals surface area contributed by atoms with Gasteiger partial charge in [-0.15, -0.1) is 10.2 Å². The number of halogens is 1. The van der Waals surface area contributed by atoms with Crippen molar-refractivity contribution in [2.75, 3.05) is 11.9 Å². The van der Waals surface area contributed by atoms with Crippen LogP contribution in [0, 0.1) is 0 Å². The van der Waals surface area contributed by atoms with E-state index in [1.54, 1.807) is 0 Å². The second-order valence-electron chi connectivity index (χ2n) is 4.88. The first-order chi connectivity index (χ1) is 10.7. The number of carbonyl (C=O) groups is 1. The summed E-state index contributed by atoms with van der Waals surface area (Å²) in [6.07, 6.45) is 3.77. The maximum atomic E-state index is 12.0. The van der Waals surface area contributed by atoms with E-state index in [1.165, 1.54) is 17.6 Å². The van der Waals surface area contributed by atoms with Crippen molar-refractivity contribution in [2.24, 2.45) is 0 Å². The van der Waals surface area contributed by atoms with Crippen molar-refractivity contribution in [3.05, 3.63) is 51.7 Å². The van der Waals surface area contributed by atoms with E-state index in [2.05, 4.69) is 15.5 Å². The Morgan fingerprint density at radius 3 is 2.86 bits per heavy atom. The van der Waals surface area contributed by atoms with Crippen molar-refractivity contribution in [1.82, 2.24) is 10.2 Å². The van der Waals surface area contributed by atoms with Crippen LogP contribution in [0.3, 0.4) is 0 Å². The molecule has 0 radical (unpaired) electrons. The number of nitrogens with zero attached hydrogens (tertiary/aromatic N) is 2. The third-order valence-electron chi connectivity index (χ3n) is 3.18. The Balaban J connectivity index is 1.62. The summed E-state index contributed by atoms with van der Waals surface area (Å²) < 4.78 is 5.17. The summed E-state index contributed by atoms with van der Waals surface area (Å²) in [7, 11) is 0. The summed E-state index contributed by atoms with van der Waals surface area (Å²) in [4.78, 5) is 12.0. The van der Waals surface area contributed by atoms with Crippen LogP contribution in [-0.2, 0) is 16.0 Å². The number of nitrogens with one attached hydrogen (secondary N) is 1. The van der Waals surface area contributed by atoms with Crippen molar-refractivity contribution in [3.8, 4) is 0 Å². The first kappa shape index (κ1) is 15.0. The molecule has 7 heteroatoms. The smallest absolute Gasteiger partial charge is 0.256 e. The molecule has 1 aliphatic rings. The van der Waals surface area contributed by atoms with Gasteiger partial charge in [0.1, 0.15) is 5.01 Å². The molecule has 1 aliphatic heterocycles. The van der Waals surface area contributed by atoms with Crippen molar-refractivity contribution < 1.29 is 9.53 Å². The topological polar surface area (TPSA) is 64.1 Å². The lowest BCUT2D eigenvalue weighted by atomic mass is 10.1. The van der Waals surface area contributed by atoms with Crippen molar-refractivity contribution in [3.63, 3.8) is 0 Å². The number of ether oxygens (including phenoxy) is 1. The molecule has 1 N–H and O–H groups in total. The molecule has 0 fully saturated rings. The molecule has 0 bridgehead atoms. The summed E-state index contributed by atoms with van der Waals surface area (Å²) in [5.41, 5.74) is 1.74. The van der Waals surface area contributed by atoms with Crippen molar-refractivity contribution in [2.45, 2.75) is 19.3 Å². The zero-order valence-corrected chi connectivity index (χ0v) is 13.3. The van der Waals surface area contributed by atoms with Gasteiger partial charge in [0.25, 0.3) is 5.91 Å². The van der Waals surface area contributed by atoms with Crippen LogP contribution in [0.4, 0.5) is 5.13 Å². The van der Waals surface area contributed by atoms with E-state index < -0.39 is 0 Å². The molecule has 0 saturated heterocycles. The zero-order chi connectivity index (χ0) is 15.4. The highest BCUT2D eigenvalue weighted by molar-refractivity contribution is 7.15. The van der Waals surface area contributed by atoms with Crippen LogP contribution >= 0.6 is 22.9 Å². The largest absolute Gasteiger partial charge is 0.501 e. The minimum atomic E-state index is -0.172. The van der Waals surface area contributed by atoms with E-state index in [4.69, 9.17) is 16.3 Å². The molecule has 0 saturated carbocycles. The van der Waals surface area contributed by atoms with Gasteiger partial charge in [-0.1, -0.05) is 35.1 Å². The molecule has 5 nitrogen and oxygen atoms in total. The molecule has 3 rings (SSSR count). The van der Waals surface area contributed by atoms with Gasteiger partial charge in [-0.3, -0.25) is 10.1 Å². The van der Waals surface area contributed by atoms with Crippen LogP contribution in [0.2, 0.25) is 5.02 Å². The predicted octanol–water partition coefficient (Wildman–Crippen LogP) is 3.42. The van der Waals surface area contributed by atoms with E-state index in [9.17, 15) is 4.79 Å². The molecular weight excluding hydrogens is 322 g/mol. The molecule has 0 unspecified atom stereocenters. The molecule has 1 aromatic carbocycles. The minimum Gasteiger partial charge on any atom is -0.501 e. The minimum absolute atomic E-state index is 0.172. The number of anilines is 1. The normalized spacial score (nSPS) is 14.1. The Morgan fingerprint density at radius 2 is 2.14 bits per heavy atom. The van der Waals surface area contributed by atoms with E-state index in [0.717, 1.165) is 23.4 Å². The fraction of sp³-hybridized carbons (Fsp3) is 0.267. The van der Waals surface area contributed by atoms with Crippen molar-refractivity contribution in [1.29, 1.82) is 0 Å². The summed E-state index contributed by atoms with van der Waals surface area (Å²) in [5, 5.41) is 12.9. The third kappa shape index (κ3) is 3.84. The second kappa shape index (κ2) is 6.89. The van der Waals surface area contributed by atoms with Crippen LogP contribution in [0.15, 0.2) is 36.1 Å².